The largest absolute Gasteiger partial charge is 0.335 e. The molecule has 0 spiro atoms. The Hall–Kier alpha value is -2.00. The molecule has 2 aliphatic rings. The molecular formula is C17H25N5O3S. The van der Waals surface area contributed by atoms with E-state index in [1.54, 1.807) is 6.92 Å². The Bertz CT molecular complexity index is 680. The maximum atomic E-state index is 12.3. The number of aromatic nitrogens is 1. The highest BCUT2D eigenvalue weighted by atomic mass is 32.1. The maximum absolute atomic E-state index is 12.3. The number of amides is 4. The van der Waals surface area contributed by atoms with E-state index >= 15 is 0 Å². The second kappa shape index (κ2) is 8.13. The number of carbonyl (C=O) groups is 3. The van der Waals surface area contributed by atoms with E-state index in [0.29, 0.717) is 31.1 Å². The van der Waals surface area contributed by atoms with Crippen molar-refractivity contribution >= 4 is 34.3 Å². The summed E-state index contributed by atoms with van der Waals surface area (Å²) in [6.45, 7) is 4.97. The van der Waals surface area contributed by atoms with Crippen LogP contribution in [0.4, 0.5) is 9.93 Å². The van der Waals surface area contributed by atoms with Crippen LogP contribution >= 0.6 is 11.3 Å². The number of urea groups is 1. The summed E-state index contributed by atoms with van der Waals surface area (Å²) >= 11 is 1.42. The van der Waals surface area contributed by atoms with Gasteiger partial charge in [-0.1, -0.05) is 0 Å². The number of hydrogen-bond donors (Lipinski definition) is 3. The van der Waals surface area contributed by atoms with Gasteiger partial charge in [-0.05, 0) is 52.6 Å². The van der Waals surface area contributed by atoms with Gasteiger partial charge in [0.15, 0.2) is 5.13 Å². The molecule has 0 aromatic carbocycles. The smallest absolute Gasteiger partial charge is 0.321 e. The zero-order valence-corrected chi connectivity index (χ0v) is 15.9. The monoisotopic (exact) mass is 379 g/mol. The maximum Gasteiger partial charge on any atom is 0.321 e. The molecule has 4 amide bonds. The van der Waals surface area contributed by atoms with Crippen LogP contribution in [-0.2, 0) is 9.59 Å². The second-order valence-corrected chi connectivity index (χ2v) is 7.86. The Morgan fingerprint density at radius 2 is 1.92 bits per heavy atom. The molecule has 1 saturated carbocycles. The molecule has 0 bridgehead atoms. The second-order valence-electron chi connectivity index (χ2n) is 7.01. The van der Waals surface area contributed by atoms with Crippen molar-refractivity contribution in [1.82, 2.24) is 20.5 Å². The van der Waals surface area contributed by atoms with Crippen molar-refractivity contribution in [2.75, 3.05) is 18.4 Å². The topological polar surface area (TPSA) is 103 Å². The fourth-order valence-electron chi connectivity index (χ4n) is 3.00. The van der Waals surface area contributed by atoms with Gasteiger partial charge in [0.2, 0.25) is 11.8 Å². The van der Waals surface area contributed by atoms with Crippen molar-refractivity contribution in [3.63, 3.8) is 0 Å². The summed E-state index contributed by atoms with van der Waals surface area (Å²) in [6, 6.07) is -0.600. The predicted octanol–water partition coefficient (Wildman–Crippen LogP) is 1.48. The molecule has 3 rings (SSSR count). The Balaban J connectivity index is 1.42. The van der Waals surface area contributed by atoms with Crippen LogP contribution in [0.25, 0.3) is 0 Å². The molecule has 8 nitrogen and oxygen atoms in total. The average molecular weight is 379 g/mol. The molecule has 142 valence electrons. The van der Waals surface area contributed by atoms with Crippen molar-refractivity contribution < 1.29 is 14.4 Å². The first-order valence-corrected chi connectivity index (χ1v) is 9.88. The number of rotatable bonds is 5. The van der Waals surface area contributed by atoms with Crippen LogP contribution in [0.15, 0.2) is 5.38 Å². The fourth-order valence-corrected chi connectivity index (χ4v) is 3.69. The third-order valence-corrected chi connectivity index (χ3v) is 5.70. The molecule has 3 N–H and O–H groups in total. The van der Waals surface area contributed by atoms with Crippen LogP contribution in [0.5, 0.6) is 0 Å². The summed E-state index contributed by atoms with van der Waals surface area (Å²) in [5.41, 5.74) is 0.894. The summed E-state index contributed by atoms with van der Waals surface area (Å²) in [5, 5.41) is 10.5. The molecule has 2 heterocycles. The van der Waals surface area contributed by atoms with E-state index in [0.717, 1.165) is 18.5 Å². The zero-order valence-electron chi connectivity index (χ0n) is 15.1. The lowest BCUT2D eigenvalue weighted by molar-refractivity contribution is -0.126. The first kappa shape index (κ1) is 18.8. The molecule has 1 aromatic rings. The van der Waals surface area contributed by atoms with Crippen LogP contribution in [0.1, 0.15) is 38.3 Å². The highest BCUT2D eigenvalue weighted by Gasteiger charge is 2.31. The average Bonchev–Trinajstić information content (AvgIpc) is 3.33. The normalized spacial score (nSPS) is 19.6. The molecule has 0 radical (unpaired) electrons. The standard InChI is InChI=1S/C17H25N5O3S/c1-10-9-26-17(18-10)21-15(24)12-5-7-22(8-6-12)11(2)14(23)20-16(25)19-13-3-4-13/h9,11-13H,3-8H2,1-2H3,(H,18,21,24)(H2,19,20,23,25). The van der Waals surface area contributed by atoms with Crippen molar-refractivity contribution in [2.45, 2.75) is 51.6 Å². The van der Waals surface area contributed by atoms with E-state index in [4.69, 9.17) is 0 Å². The van der Waals surface area contributed by atoms with E-state index in [-0.39, 0.29) is 23.8 Å². The van der Waals surface area contributed by atoms with Gasteiger partial charge in [-0.15, -0.1) is 11.3 Å². The summed E-state index contributed by atoms with van der Waals surface area (Å²) in [7, 11) is 0. The molecule has 1 aliphatic carbocycles. The summed E-state index contributed by atoms with van der Waals surface area (Å²) in [6.07, 6.45) is 3.32. The zero-order chi connectivity index (χ0) is 18.7. The number of likely N-dealkylation sites (tertiary alicyclic amines) is 1. The van der Waals surface area contributed by atoms with Gasteiger partial charge in [0.25, 0.3) is 0 Å². The Kier molecular flexibility index (Phi) is 5.87. The molecule has 26 heavy (non-hydrogen) atoms. The van der Waals surface area contributed by atoms with Gasteiger partial charge in [0.05, 0.1) is 11.7 Å². The van der Waals surface area contributed by atoms with Crippen LogP contribution in [0, 0.1) is 12.8 Å². The Morgan fingerprint density at radius 1 is 1.23 bits per heavy atom. The number of hydrogen-bond acceptors (Lipinski definition) is 6. The van der Waals surface area contributed by atoms with Crippen molar-refractivity contribution in [2.24, 2.45) is 5.92 Å². The van der Waals surface area contributed by atoms with Gasteiger partial charge >= 0.3 is 6.03 Å². The highest BCUT2D eigenvalue weighted by Crippen LogP contribution is 2.22. The molecule has 2 fully saturated rings. The third-order valence-electron chi connectivity index (χ3n) is 4.83. The van der Waals surface area contributed by atoms with E-state index in [2.05, 4.69) is 20.9 Å². The number of carbonyl (C=O) groups excluding carboxylic acids is 3. The molecule has 1 atom stereocenters. The van der Waals surface area contributed by atoms with Crippen LogP contribution in [0.3, 0.4) is 0 Å². The molecule has 1 aliphatic heterocycles. The van der Waals surface area contributed by atoms with Crippen molar-refractivity contribution in [1.29, 1.82) is 0 Å². The van der Waals surface area contributed by atoms with Crippen LogP contribution in [0.2, 0.25) is 0 Å². The van der Waals surface area contributed by atoms with E-state index < -0.39 is 12.1 Å². The number of anilines is 1. The number of nitrogens with one attached hydrogen (secondary N) is 3. The minimum absolute atomic E-state index is 0.0140. The summed E-state index contributed by atoms with van der Waals surface area (Å²) in [4.78, 5) is 42.5. The molecular weight excluding hydrogens is 354 g/mol. The van der Waals surface area contributed by atoms with Crippen LogP contribution < -0.4 is 16.0 Å². The third kappa shape index (κ3) is 5.01. The predicted molar refractivity (Wildman–Crippen MR) is 98.9 cm³/mol. The lowest BCUT2D eigenvalue weighted by Gasteiger charge is -2.34. The highest BCUT2D eigenvalue weighted by molar-refractivity contribution is 7.13. The molecule has 1 unspecified atom stereocenters. The van der Waals surface area contributed by atoms with Gasteiger partial charge in [0.1, 0.15) is 0 Å². The number of thiazole rings is 1. The van der Waals surface area contributed by atoms with Gasteiger partial charge in [0, 0.05) is 17.3 Å². The van der Waals surface area contributed by atoms with Crippen molar-refractivity contribution in [3.05, 3.63) is 11.1 Å². The molecule has 9 heteroatoms. The van der Waals surface area contributed by atoms with E-state index in [1.165, 1.54) is 11.3 Å². The minimum Gasteiger partial charge on any atom is -0.335 e. The number of piperidine rings is 1. The Labute approximate surface area is 156 Å². The number of nitrogens with zero attached hydrogens (tertiary/aromatic N) is 2. The lowest BCUT2D eigenvalue weighted by Crippen LogP contribution is -2.52. The van der Waals surface area contributed by atoms with E-state index in [9.17, 15) is 14.4 Å². The summed E-state index contributed by atoms with van der Waals surface area (Å²) < 4.78 is 0. The van der Waals surface area contributed by atoms with Gasteiger partial charge in [-0.2, -0.15) is 0 Å². The first-order chi connectivity index (χ1) is 12.4. The Morgan fingerprint density at radius 3 is 2.50 bits per heavy atom. The quantitative estimate of drug-likeness (QED) is 0.719. The SMILES string of the molecule is Cc1csc(NC(=O)C2CCN(C(C)C(=O)NC(=O)NC3CC3)CC2)n1. The van der Waals surface area contributed by atoms with Crippen molar-refractivity contribution in [3.8, 4) is 0 Å². The van der Waals surface area contributed by atoms with Gasteiger partial charge in [-0.25, -0.2) is 9.78 Å². The van der Waals surface area contributed by atoms with Gasteiger partial charge < -0.3 is 10.6 Å². The summed E-state index contributed by atoms with van der Waals surface area (Å²) in [5.74, 6) is -0.395. The minimum atomic E-state index is -0.419. The van der Waals surface area contributed by atoms with Gasteiger partial charge in [-0.3, -0.25) is 19.8 Å². The molecule has 1 aromatic heterocycles. The first-order valence-electron chi connectivity index (χ1n) is 9.01. The number of imide groups is 1. The fraction of sp³-hybridized carbons (Fsp3) is 0.647. The number of aryl methyl sites for hydroxylation is 1. The lowest BCUT2D eigenvalue weighted by atomic mass is 9.95. The van der Waals surface area contributed by atoms with E-state index in [1.807, 2.05) is 17.2 Å². The molecule has 1 saturated heterocycles. The van der Waals surface area contributed by atoms with Crippen LogP contribution in [-0.4, -0.2) is 52.9 Å².